The molecule has 1 atom stereocenters. The second-order valence-electron chi connectivity index (χ2n) is 4.61. The van der Waals surface area contributed by atoms with Crippen molar-refractivity contribution in [2.75, 3.05) is 29.7 Å². The van der Waals surface area contributed by atoms with E-state index in [1.54, 1.807) is 11.3 Å². The van der Waals surface area contributed by atoms with Gasteiger partial charge in [0.15, 0.2) is 0 Å². The highest BCUT2D eigenvalue weighted by Gasteiger charge is 2.18. The molecular formula is C13H20N4S2. The van der Waals surface area contributed by atoms with Gasteiger partial charge in [-0.2, -0.15) is 16.7 Å². The van der Waals surface area contributed by atoms with Gasteiger partial charge in [0, 0.05) is 23.7 Å². The van der Waals surface area contributed by atoms with Gasteiger partial charge in [0.1, 0.15) is 10.6 Å². The molecule has 0 amide bonds. The minimum absolute atomic E-state index is 0.357. The van der Waals surface area contributed by atoms with Crippen molar-refractivity contribution in [3.8, 4) is 0 Å². The Balaban J connectivity index is 2.47. The number of aromatic nitrogens is 2. The summed E-state index contributed by atoms with van der Waals surface area (Å²) in [6.45, 7) is 4.30. The maximum Gasteiger partial charge on any atom is 0.223 e. The van der Waals surface area contributed by atoms with E-state index < -0.39 is 0 Å². The summed E-state index contributed by atoms with van der Waals surface area (Å²) in [5.41, 5.74) is 5.84. The lowest BCUT2D eigenvalue weighted by atomic mass is 10.2. The second kappa shape index (κ2) is 5.96. The summed E-state index contributed by atoms with van der Waals surface area (Å²) in [6.07, 6.45) is 3.22. The SMILES string of the molecule is CCC(CSC)N(C)c1nc(N)nc2sc(C)cc12. The smallest absolute Gasteiger partial charge is 0.223 e. The van der Waals surface area contributed by atoms with Gasteiger partial charge in [0.25, 0.3) is 0 Å². The average molecular weight is 296 g/mol. The van der Waals surface area contributed by atoms with Crippen LogP contribution in [0.25, 0.3) is 10.2 Å². The van der Waals surface area contributed by atoms with E-state index in [4.69, 9.17) is 5.73 Å². The average Bonchev–Trinajstić information content (AvgIpc) is 2.74. The van der Waals surface area contributed by atoms with Crippen molar-refractivity contribution in [3.05, 3.63) is 10.9 Å². The van der Waals surface area contributed by atoms with Crippen molar-refractivity contribution in [3.63, 3.8) is 0 Å². The highest BCUT2D eigenvalue weighted by Crippen LogP contribution is 2.32. The molecule has 2 aromatic heterocycles. The molecule has 0 aliphatic heterocycles. The first-order chi connectivity index (χ1) is 9.06. The lowest BCUT2D eigenvalue weighted by molar-refractivity contribution is 0.668. The molecule has 0 aliphatic carbocycles. The Morgan fingerprint density at radius 1 is 1.47 bits per heavy atom. The van der Waals surface area contributed by atoms with E-state index in [0.717, 1.165) is 28.2 Å². The Hall–Kier alpha value is -1.01. The van der Waals surface area contributed by atoms with Crippen LogP contribution in [0.5, 0.6) is 0 Å². The molecule has 0 spiro atoms. The molecule has 0 saturated carbocycles. The lowest BCUT2D eigenvalue weighted by Gasteiger charge is -2.28. The highest BCUT2D eigenvalue weighted by atomic mass is 32.2. The Morgan fingerprint density at radius 3 is 2.84 bits per heavy atom. The predicted molar refractivity (Wildman–Crippen MR) is 87.4 cm³/mol. The van der Waals surface area contributed by atoms with Crippen molar-refractivity contribution in [2.24, 2.45) is 0 Å². The summed E-state index contributed by atoms with van der Waals surface area (Å²) in [5.74, 6) is 2.39. The van der Waals surface area contributed by atoms with Crippen molar-refractivity contribution in [1.29, 1.82) is 0 Å². The number of nitrogen functional groups attached to an aromatic ring is 1. The van der Waals surface area contributed by atoms with E-state index in [0.29, 0.717) is 12.0 Å². The van der Waals surface area contributed by atoms with Gasteiger partial charge < -0.3 is 10.6 Å². The first kappa shape index (κ1) is 14.4. The third kappa shape index (κ3) is 2.95. The van der Waals surface area contributed by atoms with Crippen LogP contribution in [-0.4, -0.2) is 35.1 Å². The van der Waals surface area contributed by atoms with Crippen molar-refractivity contribution in [2.45, 2.75) is 26.3 Å². The Bertz CT molecular complexity index is 567. The summed E-state index contributed by atoms with van der Waals surface area (Å²) in [6, 6.07) is 2.62. The Labute approximate surface area is 122 Å². The van der Waals surface area contributed by atoms with Crippen LogP contribution < -0.4 is 10.6 Å². The van der Waals surface area contributed by atoms with Crippen LogP contribution in [0.2, 0.25) is 0 Å². The zero-order valence-electron chi connectivity index (χ0n) is 11.8. The van der Waals surface area contributed by atoms with Gasteiger partial charge in [-0.3, -0.25) is 0 Å². The van der Waals surface area contributed by atoms with E-state index in [-0.39, 0.29) is 0 Å². The number of nitrogens with two attached hydrogens (primary N) is 1. The molecule has 4 nitrogen and oxygen atoms in total. The second-order valence-corrected chi connectivity index (χ2v) is 6.76. The molecule has 2 N–H and O–H groups in total. The Kier molecular flexibility index (Phi) is 4.52. The number of hydrogen-bond acceptors (Lipinski definition) is 6. The molecule has 2 rings (SSSR count). The van der Waals surface area contributed by atoms with Crippen LogP contribution in [0.1, 0.15) is 18.2 Å². The number of anilines is 2. The van der Waals surface area contributed by atoms with Crippen LogP contribution in [0.15, 0.2) is 6.07 Å². The van der Waals surface area contributed by atoms with Gasteiger partial charge in [-0.1, -0.05) is 6.92 Å². The third-order valence-corrected chi connectivity index (χ3v) is 4.89. The molecule has 2 aromatic rings. The highest BCUT2D eigenvalue weighted by molar-refractivity contribution is 7.98. The lowest BCUT2D eigenvalue weighted by Crippen LogP contribution is -2.34. The molecule has 0 aromatic carbocycles. The number of aryl methyl sites for hydroxylation is 1. The van der Waals surface area contributed by atoms with Crippen LogP contribution in [-0.2, 0) is 0 Å². The van der Waals surface area contributed by atoms with Gasteiger partial charge >= 0.3 is 0 Å². The topological polar surface area (TPSA) is 55.0 Å². The fourth-order valence-electron chi connectivity index (χ4n) is 2.18. The van der Waals surface area contributed by atoms with Gasteiger partial charge in [-0.25, -0.2) is 4.98 Å². The predicted octanol–water partition coefficient (Wildman–Crippen LogP) is 3.16. The zero-order chi connectivity index (χ0) is 14.0. The normalized spacial score (nSPS) is 12.8. The van der Waals surface area contributed by atoms with E-state index >= 15 is 0 Å². The maximum atomic E-state index is 5.84. The molecule has 1 unspecified atom stereocenters. The third-order valence-electron chi connectivity index (χ3n) is 3.23. The quantitative estimate of drug-likeness (QED) is 0.918. The van der Waals surface area contributed by atoms with Gasteiger partial charge in [0.05, 0.1) is 5.39 Å². The number of nitrogens with zero attached hydrogens (tertiary/aromatic N) is 3. The number of rotatable bonds is 5. The largest absolute Gasteiger partial charge is 0.368 e. The molecule has 0 bridgehead atoms. The summed E-state index contributed by atoms with van der Waals surface area (Å²) in [5, 5.41) is 1.11. The molecule has 6 heteroatoms. The summed E-state index contributed by atoms with van der Waals surface area (Å²) >= 11 is 3.53. The monoisotopic (exact) mass is 296 g/mol. The number of thioether (sulfide) groups is 1. The van der Waals surface area contributed by atoms with Crippen molar-refractivity contribution in [1.82, 2.24) is 9.97 Å². The van der Waals surface area contributed by atoms with Crippen LogP contribution in [0.3, 0.4) is 0 Å². The summed E-state index contributed by atoms with van der Waals surface area (Å²) < 4.78 is 0. The van der Waals surface area contributed by atoms with Crippen LogP contribution >= 0.6 is 23.1 Å². The first-order valence-electron chi connectivity index (χ1n) is 6.32. The van der Waals surface area contributed by atoms with E-state index in [1.807, 2.05) is 11.8 Å². The molecule has 2 heterocycles. The van der Waals surface area contributed by atoms with Crippen LogP contribution in [0.4, 0.5) is 11.8 Å². The zero-order valence-corrected chi connectivity index (χ0v) is 13.4. The number of fused-ring (bicyclic) bond motifs is 1. The van der Waals surface area contributed by atoms with E-state index in [9.17, 15) is 0 Å². The van der Waals surface area contributed by atoms with Gasteiger partial charge in [0.2, 0.25) is 5.95 Å². The molecule has 104 valence electrons. The molecule has 0 aliphatic rings. The molecule has 0 fully saturated rings. The standard InChI is InChI=1S/C13H20N4S2/c1-5-9(7-18-4)17(3)11-10-6-8(2)19-12(10)16-13(14)15-11/h6,9H,5,7H2,1-4H3,(H2,14,15,16). The fourth-order valence-corrected chi connectivity index (χ4v) is 3.91. The fraction of sp³-hybridized carbons (Fsp3) is 0.538. The minimum atomic E-state index is 0.357. The summed E-state index contributed by atoms with van der Waals surface area (Å²) in [7, 11) is 2.10. The molecule has 19 heavy (non-hydrogen) atoms. The first-order valence-corrected chi connectivity index (χ1v) is 8.53. The molecular weight excluding hydrogens is 276 g/mol. The van der Waals surface area contributed by atoms with Crippen LogP contribution in [0, 0.1) is 6.92 Å². The molecule has 0 radical (unpaired) electrons. The van der Waals surface area contributed by atoms with Crippen molar-refractivity contribution < 1.29 is 0 Å². The number of hydrogen-bond donors (Lipinski definition) is 1. The summed E-state index contributed by atoms with van der Waals surface area (Å²) in [4.78, 5) is 13.2. The minimum Gasteiger partial charge on any atom is -0.368 e. The van der Waals surface area contributed by atoms with Gasteiger partial charge in [-0.05, 0) is 25.7 Å². The maximum absolute atomic E-state index is 5.84. The Morgan fingerprint density at radius 2 is 2.21 bits per heavy atom. The van der Waals surface area contributed by atoms with Crippen molar-refractivity contribution >= 4 is 45.1 Å². The van der Waals surface area contributed by atoms with E-state index in [2.05, 4.69) is 48.1 Å². The van der Waals surface area contributed by atoms with Gasteiger partial charge in [-0.15, -0.1) is 11.3 Å². The molecule has 0 saturated heterocycles. The number of thiophene rings is 1. The van der Waals surface area contributed by atoms with E-state index in [1.165, 1.54) is 4.88 Å².